The van der Waals surface area contributed by atoms with Gasteiger partial charge in [-0.15, -0.1) is 0 Å². The first-order valence-electron chi connectivity index (χ1n) is 5.29. The van der Waals surface area contributed by atoms with E-state index in [-0.39, 0.29) is 0 Å². The van der Waals surface area contributed by atoms with Crippen LogP contribution < -0.4 is 5.32 Å². The second-order valence-electron chi connectivity index (χ2n) is 3.79. The second kappa shape index (κ2) is 5.58. The van der Waals surface area contributed by atoms with Crippen molar-refractivity contribution in [2.24, 2.45) is 0 Å². The Bertz CT molecular complexity index is 139. The highest BCUT2D eigenvalue weighted by Gasteiger charge is 2.23. The minimum Gasteiger partial charge on any atom is -0.374 e. The molecule has 2 atom stereocenters. The predicted octanol–water partition coefficient (Wildman–Crippen LogP) is 0.705. The van der Waals surface area contributed by atoms with Crippen molar-refractivity contribution in [3.8, 4) is 0 Å². The van der Waals surface area contributed by atoms with Crippen molar-refractivity contribution < 1.29 is 4.74 Å². The first-order valence-corrected chi connectivity index (χ1v) is 5.29. The fourth-order valence-corrected chi connectivity index (χ4v) is 1.74. The number of morpholine rings is 1. The molecule has 0 aromatic rings. The normalized spacial score (nSPS) is 27.5. The predicted molar refractivity (Wildman–Crippen MR) is 55.0 cm³/mol. The van der Waals surface area contributed by atoms with Crippen LogP contribution in [0.2, 0.25) is 0 Å². The van der Waals surface area contributed by atoms with Gasteiger partial charge in [-0.3, -0.25) is 4.90 Å². The third kappa shape index (κ3) is 3.25. The summed E-state index contributed by atoms with van der Waals surface area (Å²) in [5, 5.41) is 3.25. The Labute approximate surface area is 81.4 Å². The minimum atomic E-state index is 0.366. The summed E-state index contributed by atoms with van der Waals surface area (Å²) in [6.07, 6.45) is 1.60. The van der Waals surface area contributed by atoms with Gasteiger partial charge < -0.3 is 10.1 Å². The van der Waals surface area contributed by atoms with Crippen LogP contribution in [0.1, 0.15) is 20.3 Å². The van der Waals surface area contributed by atoms with Crippen LogP contribution in [-0.2, 0) is 4.74 Å². The third-order valence-electron chi connectivity index (χ3n) is 2.73. The Morgan fingerprint density at radius 3 is 3.00 bits per heavy atom. The summed E-state index contributed by atoms with van der Waals surface area (Å²) in [5.41, 5.74) is 0. The van der Waals surface area contributed by atoms with Gasteiger partial charge in [-0.2, -0.15) is 0 Å². The molecule has 13 heavy (non-hydrogen) atoms. The van der Waals surface area contributed by atoms with Crippen LogP contribution in [0.15, 0.2) is 0 Å². The monoisotopic (exact) mass is 186 g/mol. The van der Waals surface area contributed by atoms with Crippen molar-refractivity contribution in [3.05, 3.63) is 0 Å². The van der Waals surface area contributed by atoms with Gasteiger partial charge in [0.1, 0.15) is 0 Å². The largest absolute Gasteiger partial charge is 0.374 e. The van der Waals surface area contributed by atoms with Crippen LogP contribution in [0.3, 0.4) is 0 Å². The van der Waals surface area contributed by atoms with Crippen molar-refractivity contribution in [2.45, 2.75) is 32.4 Å². The highest BCUT2D eigenvalue weighted by molar-refractivity contribution is 4.78. The highest BCUT2D eigenvalue weighted by Crippen LogP contribution is 2.08. The highest BCUT2D eigenvalue weighted by atomic mass is 16.5. The molecule has 1 aliphatic heterocycles. The van der Waals surface area contributed by atoms with Gasteiger partial charge >= 0.3 is 0 Å². The van der Waals surface area contributed by atoms with Crippen LogP contribution in [0.4, 0.5) is 0 Å². The van der Waals surface area contributed by atoms with E-state index in [1.807, 2.05) is 7.05 Å². The molecule has 1 aliphatic rings. The molecule has 0 aromatic carbocycles. The van der Waals surface area contributed by atoms with Gasteiger partial charge in [0.25, 0.3) is 0 Å². The van der Waals surface area contributed by atoms with Gasteiger partial charge in [-0.25, -0.2) is 0 Å². The number of ether oxygens (including phenoxy) is 1. The van der Waals surface area contributed by atoms with Gasteiger partial charge in [0.05, 0.1) is 12.7 Å². The first-order chi connectivity index (χ1) is 6.27. The molecule has 0 aliphatic carbocycles. The lowest BCUT2D eigenvalue weighted by Gasteiger charge is -2.35. The minimum absolute atomic E-state index is 0.366. The topological polar surface area (TPSA) is 24.5 Å². The molecule has 78 valence electrons. The van der Waals surface area contributed by atoms with E-state index in [9.17, 15) is 0 Å². The summed E-state index contributed by atoms with van der Waals surface area (Å²) in [7, 11) is 1.99. The van der Waals surface area contributed by atoms with Crippen molar-refractivity contribution in [2.75, 3.05) is 33.3 Å². The average molecular weight is 186 g/mol. The van der Waals surface area contributed by atoms with E-state index in [2.05, 4.69) is 24.1 Å². The molecule has 0 aromatic heterocycles. The summed E-state index contributed by atoms with van der Waals surface area (Å²) < 4.78 is 5.70. The maximum atomic E-state index is 5.70. The Morgan fingerprint density at radius 1 is 1.62 bits per heavy atom. The summed E-state index contributed by atoms with van der Waals surface area (Å²) in [6, 6.07) is 0.458. The van der Waals surface area contributed by atoms with Crippen molar-refractivity contribution >= 4 is 0 Å². The summed E-state index contributed by atoms with van der Waals surface area (Å²) in [5.74, 6) is 0. The molecule has 1 saturated heterocycles. The van der Waals surface area contributed by atoms with Gasteiger partial charge in [0.2, 0.25) is 0 Å². The summed E-state index contributed by atoms with van der Waals surface area (Å²) in [4.78, 5) is 2.49. The van der Waals surface area contributed by atoms with E-state index in [0.717, 1.165) is 19.7 Å². The van der Waals surface area contributed by atoms with Crippen LogP contribution in [0.5, 0.6) is 0 Å². The lowest BCUT2D eigenvalue weighted by atomic mass is 10.1. The zero-order valence-corrected chi connectivity index (χ0v) is 9.05. The first kappa shape index (κ1) is 11.0. The van der Waals surface area contributed by atoms with Crippen LogP contribution in [0.25, 0.3) is 0 Å². The zero-order chi connectivity index (χ0) is 9.68. The van der Waals surface area contributed by atoms with E-state index < -0.39 is 0 Å². The quantitative estimate of drug-likeness (QED) is 0.699. The third-order valence-corrected chi connectivity index (χ3v) is 2.73. The van der Waals surface area contributed by atoms with E-state index >= 15 is 0 Å². The van der Waals surface area contributed by atoms with Crippen molar-refractivity contribution in [1.29, 1.82) is 0 Å². The molecule has 1 N–H and O–H groups in total. The molecule has 0 spiro atoms. The van der Waals surface area contributed by atoms with E-state index in [0.29, 0.717) is 12.1 Å². The second-order valence-corrected chi connectivity index (χ2v) is 3.79. The number of rotatable bonds is 4. The molecule has 0 radical (unpaired) electrons. The Morgan fingerprint density at radius 2 is 2.38 bits per heavy atom. The number of hydrogen-bond donors (Lipinski definition) is 1. The van der Waals surface area contributed by atoms with Crippen molar-refractivity contribution in [3.63, 3.8) is 0 Å². The fraction of sp³-hybridized carbons (Fsp3) is 1.00. The lowest BCUT2D eigenvalue weighted by molar-refractivity contribution is -0.0421. The number of nitrogens with zero attached hydrogens (tertiary/aromatic N) is 1. The molecule has 1 rings (SSSR count). The van der Waals surface area contributed by atoms with Gasteiger partial charge in [-0.05, 0) is 26.9 Å². The van der Waals surface area contributed by atoms with Gasteiger partial charge in [0, 0.05) is 19.1 Å². The van der Waals surface area contributed by atoms with Crippen LogP contribution in [-0.4, -0.2) is 50.3 Å². The smallest absolute Gasteiger partial charge is 0.0852 e. The van der Waals surface area contributed by atoms with Gasteiger partial charge in [-0.1, -0.05) is 6.92 Å². The maximum absolute atomic E-state index is 5.70. The number of hydrogen-bond acceptors (Lipinski definition) is 3. The van der Waals surface area contributed by atoms with Crippen LogP contribution in [0, 0.1) is 0 Å². The number of nitrogens with one attached hydrogen (secondary N) is 1. The molecule has 1 fully saturated rings. The molecule has 1 heterocycles. The number of likely N-dealkylation sites (N-methyl/N-ethyl adjacent to an activating group) is 1. The molecule has 0 saturated carbocycles. The SMILES string of the molecule is CCCN1CCOC(C(C)NC)C1. The maximum Gasteiger partial charge on any atom is 0.0852 e. The zero-order valence-electron chi connectivity index (χ0n) is 9.05. The molecular weight excluding hydrogens is 164 g/mol. The molecular formula is C10H22N2O. The molecule has 0 bridgehead atoms. The fourth-order valence-electron chi connectivity index (χ4n) is 1.74. The standard InChI is InChI=1S/C10H22N2O/c1-4-5-12-6-7-13-10(8-12)9(2)11-3/h9-11H,4-8H2,1-3H3. The summed E-state index contributed by atoms with van der Waals surface area (Å²) >= 11 is 0. The lowest BCUT2D eigenvalue weighted by Crippen LogP contribution is -2.50. The van der Waals surface area contributed by atoms with Gasteiger partial charge in [0.15, 0.2) is 0 Å². The van der Waals surface area contributed by atoms with E-state index in [1.165, 1.54) is 13.0 Å². The Hall–Kier alpha value is -0.120. The van der Waals surface area contributed by atoms with E-state index in [1.54, 1.807) is 0 Å². The summed E-state index contributed by atoms with van der Waals surface area (Å²) in [6.45, 7) is 8.68. The Balaban J connectivity index is 2.32. The molecule has 0 amide bonds. The molecule has 3 heteroatoms. The average Bonchev–Trinajstić information content (AvgIpc) is 2.18. The molecule has 2 unspecified atom stereocenters. The molecule has 3 nitrogen and oxygen atoms in total. The van der Waals surface area contributed by atoms with Crippen LogP contribution >= 0.6 is 0 Å². The Kier molecular flexibility index (Phi) is 4.70. The van der Waals surface area contributed by atoms with E-state index in [4.69, 9.17) is 4.74 Å². The van der Waals surface area contributed by atoms with Crippen molar-refractivity contribution in [1.82, 2.24) is 10.2 Å².